The molecule has 6 nitrogen and oxygen atoms in total. The van der Waals surface area contributed by atoms with E-state index in [0.717, 1.165) is 11.8 Å². The van der Waals surface area contributed by atoms with Crippen molar-refractivity contribution in [3.8, 4) is 0 Å². The van der Waals surface area contributed by atoms with Gasteiger partial charge in [-0.3, -0.25) is 9.52 Å². The molecule has 0 aliphatic rings. The van der Waals surface area contributed by atoms with E-state index in [9.17, 15) is 13.2 Å². The topological polar surface area (TPSA) is 98.5 Å². The van der Waals surface area contributed by atoms with Crippen LogP contribution in [0.15, 0.2) is 24.3 Å². The van der Waals surface area contributed by atoms with Gasteiger partial charge < -0.3 is 10.5 Å². The van der Waals surface area contributed by atoms with E-state index >= 15 is 0 Å². The Morgan fingerprint density at radius 2 is 1.89 bits per heavy atom. The van der Waals surface area contributed by atoms with E-state index < -0.39 is 22.0 Å². The van der Waals surface area contributed by atoms with Crippen LogP contribution >= 0.6 is 12.4 Å². The van der Waals surface area contributed by atoms with E-state index in [2.05, 4.69) is 9.46 Å². The molecule has 0 radical (unpaired) electrons. The Morgan fingerprint density at radius 1 is 1.37 bits per heavy atom. The smallest absolute Gasteiger partial charge is 0.322 e. The predicted molar refractivity (Wildman–Crippen MR) is 75.9 cm³/mol. The number of esters is 1. The number of rotatable bonds is 5. The van der Waals surface area contributed by atoms with Gasteiger partial charge in [-0.25, -0.2) is 8.42 Å². The molecule has 8 heteroatoms. The summed E-state index contributed by atoms with van der Waals surface area (Å²) >= 11 is 0. The first kappa shape index (κ1) is 17.7. The molecule has 1 aromatic rings. The van der Waals surface area contributed by atoms with Crippen molar-refractivity contribution >= 4 is 34.1 Å². The lowest BCUT2D eigenvalue weighted by Crippen LogP contribution is -2.33. The third-order valence-electron chi connectivity index (χ3n) is 2.22. The molecule has 3 N–H and O–H groups in total. The van der Waals surface area contributed by atoms with Crippen LogP contribution in [-0.4, -0.2) is 33.8 Å². The highest BCUT2D eigenvalue weighted by Crippen LogP contribution is 2.12. The molecule has 0 bridgehead atoms. The summed E-state index contributed by atoms with van der Waals surface area (Å²) in [7, 11) is -2.00. The minimum atomic E-state index is -3.28. The molecule has 19 heavy (non-hydrogen) atoms. The van der Waals surface area contributed by atoms with Crippen LogP contribution in [0.5, 0.6) is 0 Å². The number of sulfonamides is 1. The molecule has 0 amide bonds. The number of carbonyl (C=O) groups excluding carboxylic acids is 1. The third-order valence-corrected chi connectivity index (χ3v) is 2.82. The van der Waals surface area contributed by atoms with Crippen molar-refractivity contribution in [2.24, 2.45) is 5.73 Å². The highest BCUT2D eigenvalue weighted by molar-refractivity contribution is 7.92. The fraction of sp³-hybridized carbons (Fsp3) is 0.364. The Bertz CT molecular complexity index is 516. The lowest BCUT2D eigenvalue weighted by atomic mass is 10.1. The van der Waals surface area contributed by atoms with Crippen molar-refractivity contribution in [1.82, 2.24) is 0 Å². The molecule has 1 rings (SSSR count). The summed E-state index contributed by atoms with van der Waals surface area (Å²) in [5.41, 5.74) is 6.91. The van der Waals surface area contributed by atoms with Crippen molar-refractivity contribution in [1.29, 1.82) is 0 Å². The maximum absolute atomic E-state index is 11.1. The van der Waals surface area contributed by atoms with Gasteiger partial charge in [0.25, 0.3) is 0 Å². The second-order valence-electron chi connectivity index (χ2n) is 3.90. The van der Waals surface area contributed by atoms with E-state index in [1.807, 2.05) is 0 Å². The van der Waals surface area contributed by atoms with E-state index in [1.165, 1.54) is 7.11 Å². The van der Waals surface area contributed by atoms with Crippen LogP contribution in [0.25, 0.3) is 0 Å². The number of nitrogens with two attached hydrogens (primary N) is 1. The van der Waals surface area contributed by atoms with Crippen LogP contribution in [0.3, 0.4) is 0 Å². The number of nitrogens with one attached hydrogen (secondary N) is 1. The zero-order chi connectivity index (χ0) is 13.8. The number of halogens is 1. The molecule has 0 saturated carbocycles. The molecule has 0 aromatic heterocycles. The van der Waals surface area contributed by atoms with E-state index in [1.54, 1.807) is 24.3 Å². The molecule has 1 atom stereocenters. The van der Waals surface area contributed by atoms with Gasteiger partial charge in [0.1, 0.15) is 6.04 Å². The van der Waals surface area contributed by atoms with Gasteiger partial charge in [-0.15, -0.1) is 12.4 Å². The molecule has 0 aliphatic carbocycles. The fourth-order valence-corrected chi connectivity index (χ4v) is 1.98. The molecule has 0 heterocycles. The largest absolute Gasteiger partial charge is 0.468 e. The minimum absolute atomic E-state index is 0. The van der Waals surface area contributed by atoms with Gasteiger partial charge in [-0.2, -0.15) is 0 Å². The van der Waals surface area contributed by atoms with Crippen molar-refractivity contribution in [2.45, 2.75) is 12.5 Å². The third kappa shape index (κ3) is 6.42. The maximum atomic E-state index is 11.1. The molecule has 0 unspecified atom stereocenters. The Kier molecular flexibility index (Phi) is 6.82. The van der Waals surface area contributed by atoms with Gasteiger partial charge in [0.05, 0.1) is 13.4 Å². The summed E-state index contributed by atoms with van der Waals surface area (Å²) < 4.78 is 28.9. The number of anilines is 1. The SMILES string of the molecule is COC(=O)[C@@H](N)Cc1ccc(NS(C)(=O)=O)cc1.Cl. The molecule has 0 spiro atoms. The number of carbonyl (C=O) groups is 1. The van der Waals surface area contributed by atoms with Crippen LogP contribution in [0.1, 0.15) is 5.56 Å². The summed E-state index contributed by atoms with van der Waals surface area (Å²) in [6.45, 7) is 0. The molecule has 1 aromatic carbocycles. The number of ether oxygens (including phenoxy) is 1. The summed E-state index contributed by atoms with van der Waals surface area (Å²) in [5, 5.41) is 0. The Labute approximate surface area is 118 Å². The van der Waals surface area contributed by atoms with Gasteiger partial charge in [0.15, 0.2) is 0 Å². The average Bonchev–Trinajstić information content (AvgIpc) is 2.28. The van der Waals surface area contributed by atoms with Crippen molar-refractivity contribution in [2.75, 3.05) is 18.1 Å². The van der Waals surface area contributed by atoms with Gasteiger partial charge in [0, 0.05) is 5.69 Å². The average molecular weight is 309 g/mol. The van der Waals surface area contributed by atoms with Crippen LogP contribution in [-0.2, 0) is 26.0 Å². The number of benzene rings is 1. The second-order valence-corrected chi connectivity index (χ2v) is 5.65. The maximum Gasteiger partial charge on any atom is 0.322 e. The highest BCUT2D eigenvalue weighted by atomic mass is 35.5. The summed E-state index contributed by atoms with van der Waals surface area (Å²) in [6, 6.07) is 5.91. The van der Waals surface area contributed by atoms with Crippen LogP contribution in [0.2, 0.25) is 0 Å². The van der Waals surface area contributed by atoms with Gasteiger partial charge >= 0.3 is 5.97 Å². The van der Waals surface area contributed by atoms with Crippen LogP contribution < -0.4 is 10.5 Å². The van der Waals surface area contributed by atoms with E-state index in [0.29, 0.717) is 12.1 Å². The summed E-state index contributed by atoms with van der Waals surface area (Å²) in [5.74, 6) is -0.478. The first-order valence-electron chi connectivity index (χ1n) is 5.22. The Balaban J connectivity index is 0.00000324. The lowest BCUT2D eigenvalue weighted by Gasteiger charge is -2.10. The number of hydrogen-bond acceptors (Lipinski definition) is 5. The zero-order valence-corrected chi connectivity index (χ0v) is 12.3. The van der Waals surface area contributed by atoms with Crippen molar-refractivity contribution in [3.05, 3.63) is 29.8 Å². The molecule has 0 fully saturated rings. The standard InChI is InChI=1S/C11H16N2O4S.ClH/c1-17-11(14)10(12)7-8-3-5-9(6-4-8)13-18(2,15)16;/h3-6,10,13H,7,12H2,1-2H3;1H/t10-;/m0./s1. The quantitative estimate of drug-likeness (QED) is 0.773. The van der Waals surface area contributed by atoms with Gasteiger partial charge in [0.2, 0.25) is 10.0 Å². The van der Waals surface area contributed by atoms with Crippen LogP contribution in [0.4, 0.5) is 5.69 Å². The second kappa shape index (κ2) is 7.32. The lowest BCUT2D eigenvalue weighted by molar-refractivity contribution is -0.142. The normalized spacial score (nSPS) is 12.2. The molecule has 0 aliphatic heterocycles. The first-order valence-corrected chi connectivity index (χ1v) is 7.11. The predicted octanol–water partition coefficient (Wildman–Crippen LogP) is 0.523. The minimum Gasteiger partial charge on any atom is -0.468 e. The van der Waals surface area contributed by atoms with E-state index in [4.69, 9.17) is 5.73 Å². The molecule has 0 saturated heterocycles. The van der Waals surface area contributed by atoms with Gasteiger partial charge in [-0.1, -0.05) is 12.1 Å². The molecule has 108 valence electrons. The summed E-state index contributed by atoms with van der Waals surface area (Å²) in [6.07, 6.45) is 1.42. The van der Waals surface area contributed by atoms with Crippen LogP contribution in [0, 0.1) is 0 Å². The first-order chi connectivity index (χ1) is 8.31. The molecular weight excluding hydrogens is 292 g/mol. The zero-order valence-electron chi connectivity index (χ0n) is 10.6. The summed E-state index contributed by atoms with van der Waals surface area (Å²) in [4.78, 5) is 11.1. The Hall–Kier alpha value is -1.31. The Morgan fingerprint density at radius 3 is 2.32 bits per heavy atom. The van der Waals surface area contributed by atoms with Crippen molar-refractivity contribution in [3.63, 3.8) is 0 Å². The monoisotopic (exact) mass is 308 g/mol. The van der Waals surface area contributed by atoms with Gasteiger partial charge in [-0.05, 0) is 24.1 Å². The highest BCUT2D eigenvalue weighted by Gasteiger charge is 2.14. The van der Waals surface area contributed by atoms with Crippen molar-refractivity contribution < 1.29 is 17.9 Å². The van der Waals surface area contributed by atoms with E-state index in [-0.39, 0.29) is 12.4 Å². The number of methoxy groups -OCH3 is 1. The number of hydrogen-bond donors (Lipinski definition) is 2. The fourth-order valence-electron chi connectivity index (χ4n) is 1.41. The molecular formula is C11H17ClN2O4S.